The van der Waals surface area contributed by atoms with Gasteiger partial charge in [-0.25, -0.2) is 4.98 Å². The lowest BCUT2D eigenvalue weighted by Crippen LogP contribution is -2.45. The first-order valence-electron chi connectivity index (χ1n) is 11.1. The summed E-state index contributed by atoms with van der Waals surface area (Å²) in [6, 6.07) is 7.11. The number of nitrogens with zero attached hydrogens (tertiary/aromatic N) is 4. The van der Waals surface area contributed by atoms with E-state index in [0.717, 1.165) is 36.4 Å². The van der Waals surface area contributed by atoms with Crippen molar-refractivity contribution in [3.8, 4) is 10.6 Å². The smallest absolute Gasteiger partial charge is 0.264 e. The molecule has 5 rings (SSSR count). The van der Waals surface area contributed by atoms with Gasteiger partial charge in [-0.2, -0.15) is 4.98 Å². The Kier molecular flexibility index (Phi) is 7.41. The standard InChI is InChI=1S/C22H28N6O4S.ClH/c1-27-6-8-28(9-7-27)22-25-19(23-14-10-12(11-29)17(30)18(14)31)16(20(32)26-22)21-24-13-4-2-3-5-15(13)33-21;/h2-5,12,14,17-18,29-31H,6-11H2,1H3,(H2,23,25,26,32);1H/t12-,14-,17-,18+;/m1./s1. The molecule has 184 valence electrons. The van der Waals surface area contributed by atoms with Gasteiger partial charge in [0.2, 0.25) is 5.95 Å². The van der Waals surface area contributed by atoms with Crippen LogP contribution in [0.15, 0.2) is 29.1 Å². The van der Waals surface area contributed by atoms with Crippen LogP contribution in [0.2, 0.25) is 0 Å². The molecule has 1 saturated heterocycles. The van der Waals surface area contributed by atoms with E-state index in [-0.39, 0.29) is 24.6 Å². The van der Waals surface area contributed by atoms with E-state index in [9.17, 15) is 20.1 Å². The number of hydrogen-bond donors (Lipinski definition) is 5. The molecule has 2 fully saturated rings. The summed E-state index contributed by atoms with van der Waals surface area (Å²) in [5, 5.41) is 34.1. The van der Waals surface area contributed by atoms with Gasteiger partial charge in [0.15, 0.2) is 0 Å². The number of halogens is 1. The number of nitrogens with one attached hydrogen (secondary N) is 2. The van der Waals surface area contributed by atoms with Gasteiger partial charge >= 0.3 is 0 Å². The van der Waals surface area contributed by atoms with Crippen molar-refractivity contribution in [3.05, 3.63) is 34.6 Å². The molecule has 1 aromatic carbocycles. The van der Waals surface area contributed by atoms with E-state index in [1.807, 2.05) is 29.2 Å². The summed E-state index contributed by atoms with van der Waals surface area (Å²) in [5.41, 5.74) is 0.790. The number of benzene rings is 1. The van der Waals surface area contributed by atoms with E-state index < -0.39 is 24.2 Å². The molecule has 1 saturated carbocycles. The summed E-state index contributed by atoms with van der Waals surface area (Å²) in [5.74, 6) is 0.344. The third-order valence-corrected chi connectivity index (χ3v) is 7.63. The SMILES string of the molecule is CN1CCN(c2nc(N[C@@H]3C[C@H](CO)[C@@H](O)[C@H]3O)c(-c3nc4ccccc4s3)c(=O)[nH]2)CC1.Cl. The first kappa shape index (κ1) is 24.8. The van der Waals surface area contributed by atoms with Crippen LogP contribution in [0.3, 0.4) is 0 Å². The molecule has 3 heterocycles. The van der Waals surface area contributed by atoms with Crippen LogP contribution in [-0.2, 0) is 0 Å². The average molecular weight is 509 g/mol. The molecule has 5 N–H and O–H groups in total. The molecule has 0 bridgehead atoms. The van der Waals surface area contributed by atoms with Gasteiger partial charge in [0.1, 0.15) is 22.5 Å². The van der Waals surface area contributed by atoms with Crippen LogP contribution in [0.25, 0.3) is 20.8 Å². The fourth-order valence-corrected chi connectivity index (χ4v) is 5.54. The van der Waals surface area contributed by atoms with E-state index in [4.69, 9.17) is 4.98 Å². The highest BCUT2D eigenvalue weighted by Crippen LogP contribution is 2.35. The minimum atomic E-state index is -1.08. The molecule has 3 aromatic rings. The monoisotopic (exact) mass is 508 g/mol. The molecule has 0 radical (unpaired) electrons. The van der Waals surface area contributed by atoms with Crippen molar-refractivity contribution in [1.29, 1.82) is 0 Å². The molecular weight excluding hydrogens is 480 g/mol. The Morgan fingerprint density at radius 1 is 1.15 bits per heavy atom. The minimum Gasteiger partial charge on any atom is -0.396 e. The number of hydrogen-bond acceptors (Lipinski definition) is 10. The molecule has 34 heavy (non-hydrogen) atoms. The van der Waals surface area contributed by atoms with Gasteiger partial charge in [0.05, 0.1) is 22.4 Å². The lowest BCUT2D eigenvalue weighted by molar-refractivity contribution is 0.00446. The van der Waals surface area contributed by atoms with E-state index in [1.54, 1.807) is 0 Å². The van der Waals surface area contributed by atoms with Crippen molar-refractivity contribution in [2.45, 2.75) is 24.7 Å². The van der Waals surface area contributed by atoms with Crippen LogP contribution in [0.4, 0.5) is 11.8 Å². The quantitative estimate of drug-likeness (QED) is 0.337. The van der Waals surface area contributed by atoms with Crippen LogP contribution in [-0.4, -0.2) is 93.3 Å². The zero-order valence-electron chi connectivity index (χ0n) is 18.7. The molecule has 10 nitrogen and oxygen atoms in total. The Morgan fingerprint density at radius 2 is 1.88 bits per heavy atom. The zero-order valence-corrected chi connectivity index (χ0v) is 20.3. The number of likely N-dealkylation sites (N-methyl/N-ethyl adjacent to an activating group) is 1. The number of aliphatic hydroxyl groups excluding tert-OH is 3. The van der Waals surface area contributed by atoms with Crippen LogP contribution < -0.4 is 15.8 Å². The van der Waals surface area contributed by atoms with Crippen molar-refractivity contribution in [2.24, 2.45) is 5.92 Å². The maximum atomic E-state index is 13.3. The fraction of sp³-hybridized carbons (Fsp3) is 0.500. The van der Waals surface area contributed by atoms with Crippen molar-refractivity contribution < 1.29 is 15.3 Å². The van der Waals surface area contributed by atoms with Crippen LogP contribution >= 0.6 is 23.7 Å². The van der Waals surface area contributed by atoms with Gasteiger partial charge in [0, 0.05) is 38.7 Å². The Hall–Kier alpha value is -2.28. The van der Waals surface area contributed by atoms with Gasteiger partial charge in [-0.05, 0) is 25.6 Å². The number of aromatic amines is 1. The number of H-pyrrole nitrogens is 1. The molecular formula is C22H29ClN6O4S. The normalized spacial score (nSPS) is 25.5. The van der Waals surface area contributed by atoms with Crippen LogP contribution in [0.5, 0.6) is 0 Å². The summed E-state index contributed by atoms with van der Waals surface area (Å²) in [6.45, 7) is 2.96. The fourth-order valence-electron chi connectivity index (χ4n) is 4.54. The predicted octanol–water partition coefficient (Wildman–Crippen LogP) is 0.735. The van der Waals surface area contributed by atoms with Gasteiger partial charge in [0.25, 0.3) is 5.56 Å². The molecule has 0 amide bonds. The molecule has 1 aliphatic heterocycles. The number of piperazine rings is 1. The number of aliphatic hydroxyl groups is 3. The largest absolute Gasteiger partial charge is 0.396 e. The lowest BCUT2D eigenvalue weighted by Gasteiger charge is -2.33. The Bertz CT molecular complexity index is 1160. The number of fused-ring (bicyclic) bond motifs is 1. The first-order valence-corrected chi connectivity index (χ1v) is 11.9. The van der Waals surface area contributed by atoms with Crippen molar-refractivity contribution in [1.82, 2.24) is 19.9 Å². The summed E-state index contributed by atoms with van der Waals surface area (Å²) in [7, 11) is 2.06. The molecule has 4 atom stereocenters. The predicted molar refractivity (Wildman–Crippen MR) is 135 cm³/mol. The summed E-state index contributed by atoms with van der Waals surface area (Å²) in [4.78, 5) is 29.9. The van der Waals surface area contributed by atoms with Gasteiger partial charge in [-0.15, -0.1) is 23.7 Å². The third-order valence-electron chi connectivity index (χ3n) is 6.58. The number of anilines is 2. The number of rotatable bonds is 5. The van der Waals surface area contributed by atoms with Gasteiger partial charge in [-0.3, -0.25) is 9.78 Å². The summed E-state index contributed by atoms with van der Waals surface area (Å²) in [6.07, 6.45) is -1.77. The van der Waals surface area contributed by atoms with Gasteiger partial charge in [-0.1, -0.05) is 12.1 Å². The number of para-hydroxylation sites is 1. The maximum Gasteiger partial charge on any atom is 0.264 e. The van der Waals surface area contributed by atoms with Crippen LogP contribution in [0.1, 0.15) is 6.42 Å². The maximum absolute atomic E-state index is 13.3. The zero-order chi connectivity index (χ0) is 23.1. The van der Waals surface area contributed by atoms with E-state index >= 15 is 0 Å². The first-order chi connectivity index (χ1) is 15.9. The van der Waals surface area contributed by atoms with Crippen molar-refractivity contribution >= 4 is 45.7 Å². The highest BCUT2D eigenvalue weighted by atomic mass is 35.5. The molecule has 2 aliphatic rings. The van der Waals surface area contributed by atoms with Gasteiger partial charge < -0.3 is 30.4 Å². The van der Waals surface area contributed by atoms with Crippen LogP contribution in [0, 0.1) is 5.92 Å². The molecule has 0 unspecified atom stereocenters. The highest BCUT2D eigenvalue weighted by Gasteiger charge is 2.41. The molecule has 0 spiro atoms. The Morgan fingerprint density at radius 3 is 2.56 bits per heavy atom. The van der Waals surface area contributed by atoms with E-state index in [1.165, 1.54) is 11.3 Å². The second-order valence-electron chi connectivity index (χ2n) is 8.80. The third kappa shape index (κ3) is 4.64. The topological polar surface area (TPSA) is 138 Å². The lowest BCUT2D eigenvalue weighted by atomic mass is 10.1. The second-order valence-corrected chi connectivity index (χ2v) is 9.83. The highest BCUT2D eigenvalue weighted by molar-refractivity contribution is 7.21. The van der Waals surface area contributed by atoms with Crippen molar-refractivity contribution in [3.63, 3.8) is 0 Å². The van der Waals surface area contributed by atoms with Crippen molar-refractivity contribution in [2.75, 3.05) is 50.1 Å². The Balaban J connectivity index is 0.00000274. The minimum absolute atomic E-state index is 0. The number of thiazole rings is 1. The molecule has 2 aromatic heterocycles. The van der Waals surface area contributed by atoms with E-state index in [2.05, 4.69) is 27.2 Å². The van der Waals surface area contributed by atoms with E-state index in [0.29, 0.717) is 28.8 Å². The average Bonchev–Trinajstić information content (AvgIpc) is 3.35. The Labute approximate surface area is 206 Å². The summed E-state index contributed by atoms with van der Waals surface area (Å²) >= 11 is 1.40. The second kappa shape index (κ2) is 10.1. The molecule has 1 aliphatic carbocycles. The summed E-state index contributed by atoms with van der Waals surface area (Å²) < 4.78 is 0.956. The molecule has 12 heteroatoms. The number of aromatic nitrogens is 3.